The van der Waals surface area contributed by atoms with Crippen LogP contribution in [0.1, 0.15) is 22.3 Å². The van der Waals surface area contributed by atoms with Crippen LogP contribution < -0.4 is 15.8 Å². The van der Waals surface area contributed by atoms with Gasteiger partial charge in [0.1, 0.15) is 11.2 Å². The molecule has 0 fully saturated rings. The quantitative estimate of drug-likeness (QED) is 0.171. The predicted octanol–water partition coefficient (Wildman–Crippen LogP) is 10.8. The zero-order valence-corrected chi connectivity index (χ0v) is 28.6. The second-order valence-corrected chi connectivity index (χ2v) is 14.7. The molecule has 2 aromatic heterocycles. The summed E-state index contributed by atoms with van der Waals surface area (Å²) >= 11 is 0. The van der Waals surface area contributed by atoms with Crippen molar-refractivity contribution in [3.05, 3.63) is 198 Å². The Bertz CT molecular complexity index is 3150. The van der Waals surface area contributed by atoms with E-state index in [9.17, 15) is 0 Å². The maximum absolute atomic E-state index is 6.93. The summed E-state index contributed by atoms with van der Waals surface area (Å²) in [5, 5.41) is 4.85. The fraction of sp³-hybridized carbons (Fsp3) is 0.0204. The Morgan fingerprint density at radius 2 is 1.17 bits per heavy atom. The summed E-state index contributed by atoms with van der Waals surface area (Å²) in [4.78, 5) is 2.59. The zero-order chi connectivity index (χ0) is 34.4. The Balaban J connectivity index is 1.28. The zero-order valence-electron chi connectivity index (χ0n) is 28.6. The normalized spacial score (nSPS) is 14.5. The van der Waals surface area contributed by atoms with Gasteiger partial charge in [0.05, 0.1) is 11.1 Å². The molecule has 3 nitrogen and oxygen atoms in total. The van der Waals surface area contributed by atoms with Gasteiger partial charge in [-0.25, -0.2) is 0 Å². The summed E-state index contributed by atoms with van der Waals surface area (Å²) in [7, 11) is 0. The van der Waals surface area contributed by atoms with Crippen LogP contribution in [0.5, 0.6) is 0 Å². The van der Waals surface area contributed by atoms with Crippen LogP contribution in [-0.2, 0) is 5.41 Å². The van der Waals surface area contributed by atoms with Crippen LogP contribution in [-0.4, -0.2) is 11.3 Å². The van der Waals surface area contributed by atoms with Crippen LogP contribution in [0, 0.1) is 0 Å². The third kappa shape index (κ3) is 3.21. The maximum Gasteiger partial charge on any atom is 0.333 e. The molecule has 0 saturated heterocycles. The van der Waals surface area contributed by atoms with Crippen molar-refractivity contribution in [2.24, 2.45) is 0 Å². The average Bonchev–Trinajstić information content (AvgIpc) is 3.77. The van der Waals surface area contributed by atoms with Crippen molar-refractivity contribution in [2.45, 2.75) is 5.41 Å². The minimum atomic E-state index is -0.547. The van der Waals surface area contributed by atoms with E-state index in [0.29, 0.717) is 0 Å². The number of hydrogen-bond donors (Lipinski definition) is 0. The lowest BCUT2D eigenvalue weighted by Crippen LogP contribution is -2.58. The first-order valence-electron chi connectivity index (χ1n) is 18.5. The van der Waals surface area contributed by atoms with E-state index in [2.05, 4.69) is 185 Å². The number of aromatic nitrogens is 1. The van der Waals surface area contributed by atoms with Crippen LogP contribution >= 0.6 is 0 Å². The van der Waals surface area contributed by atoms with Gasteiger partial charge in [0.15, 0.2) is 0 Å². The van der Waals surface area contributed by atoms with E-state index in [-0.39, 0.29) is 6.85 Å². The standard InChI is InChI=1S/C49H29BN2O/c1-3-15-30(16-4-1)49(31-17-5-2-6-18-31)37-23-9-11-27-41(37)51-42-29-36-33-20-8-12-28-43(33)53-48(36)44-35-22-13-21-34-32-19-7-10-26-40(32)52(46(34)35)50(45(42)44)39-25-14-24-38(49)47(39)51/h1-29H. The lowest BCUT2D eigenvalue weighted by Gasteiger charge is -2.50. The summed E-state index contributed by atoms with van der Waals surface area (Å²) in [6.07, 6.45) is 0. The Hall–Kier alpha value is -6.78. The van der Waals surface area contributed by atoms with Crippen molar-refractivity contribution in [3.63, 3.8) is 0 Å². The van der Waals surface area contributed by atoms with Gasteiger partial charge in [-0.15, -0.1) is 0 Å². The number of benzene rings is 8. The van der Waals surface area contributed by atoms with E-state index in [1.165, 1.54) is 83.2 Å². The van der Waals surface area contributed by atoms with Crippen LogP contribution in [0.25, 0.3) is 54.9 Å². The molecular weight excluding hydrogens is 643 g/mol. The third-order valence-corrected chi connectivity index (χ3v) is 12.4. The highest BCUT2D eigenvalue weighted by Gasteiger charge is 2.52. The number of furan rings is 1. The van der Waals surface area contributed by atoms with Gasteiger partial charge in [-0.2, -0.15) is 0 Å². The molecule has 0 bridgehead atoms. The summed E-state index contributed by atoms with van der Waals surface area (Å²) in [6.45, 7) is -0.0735. The molecule has 3 aliphatic rings. The van der Waals surface area contributed by atoms with Crippen molar-refractivity contribution in [1.82, 2.24) is 4.48 Å². The highest BCUT2D eigenvalue weighted by atomic mass is 16.3. The Morgan fingerprint density at radius 1 is 0.509 bits per heavy atom. The monoisotopic (exact) mass is 672 g/mol. The summed E-state index contributed by atoms with van der Waals surface area (Å²) in [5.41, 5.74) is 17.7. The Labute approximate surface area is 306 Å². The molecule has 13 rings (SSSR count). The maximum atomic E-state index is 6.93. The molecule has 0 aliphatic carbocycles. The molecule has 10 aromatic rings. The minimum absolute atomic E-state index is 0.0735. The molecule has 0 spiro atoms. The molecule has 0 N–H and O–H groups in total. The summed E-state index contributed by atoms with van der Waals surface area (Å²) in [5.74, 6) is 0. The van der Waals surface area contributed by atoms with Gasteiger partial charge in [-0.05, 0) is 57.4 Å². The molecule has 3 aliphatic heterocycles. The van der Waals surface area contributed by atoms with Crippen LogP contribution in [0.3, 0.4) is 0 Å². The van der Waals surface area contributed by atoms with Crippen molar-refractivity contribution in [3.8, 4) is 11.1 Å². The number of rotatable bonds is 2. The molecule has 53 heavy (non-hydrogen) atoms. The molecule has 8 aromatic carbocycles. The molecular formula is C49H29BN2O. The lowest BCUT2D eigenvalue weighted by molar-refractivity contribution is 0.670. The van der Waals surface area contributed by atoms with Crippen LogP contribution in [0.2, 0.25) is 0 Å². The molecule has 244 valence electrons. The largest absolute Gasteiger partial charge is 0.455 e. The first-order valence-corrected chi connectivity index (χ1v) is 18.5. The molecule has 0 unspecified atom stereocenters. The SMILES string of the molecule is c1ccc(C2(c3ccccc3)c3ccccc3N3c4cc5c(oc6ccccc65)c5c4B(c4cccc2c43)n2c3ccccc3c3cccc-5c32)cc1. The van der Waals surface area contributed by atoms with Crippen molar-refractivity contribution in [2.75, 3.05) is 4.90 Å². The van der Waals surface area contributed by atoms with Crippen LogP contribution in [0.4, 0.5) is 17.1 Å². The molecule has 0 radical (unpaired) electrons. The van der Waals surface area contributed by atoms with Crippen molar-refractivity contribution < 1.29 is 4.42 Å². The van der Waals surface area contributed by atoms with Gasteiger partial charge in [-0.3, -0.25) is 0 Å². The highest BCUT2D eigenvalue weighted by molar-refractivity contribution is 6.90. The number of fused-ring (bicyclic) bond motifs is 13. The van der Waals surface area contributed by atoms with Gasteiger partial charge in [0, 0.05) is 55.1 Å². The van der Waals surface area contributed by atoms with E-state index in [1.54, 1.807) is 0 Å². The van der Waals surface area contributed by atoms with E-state index in [4.69, 9.17) is 4.42 Å². The fourth-order valence-corrected chi connectivity index (χ4v) is 10.5. The minimum Gasteiger partial charge on any atom is -0.455 e. The third-order valence-electron chi connectivity index (χ3n) is 12.4. The van der Waals surface area contributed by atoms with Crippen molar-refractivity contribution in [1.29, 1.82) is 0 Å². The number of anilines is 3. The van der Waals surface area contributed by atoms with Gasteiger partial charge in [0.2, 0.25) is 0 Å². The molecule has 5 heterocycles. The van der Waals surface area contributed by atoms with Gasteiger partial charge in [0.25, 0.3) is 0 Å². The average molecular weight is 673 g/mol. The number of para-hydroxylation sites is 5. The van der Waals surface area contributed by atoms with Gasteiger partial charge < -0.3 is 13.8 Å². The molecule has 0 saturated carbocycles. The van der Waals surface area contributed by atoms with Crippen molar-refractivity contribution >= 4 is 78.6 Å². The second-order valence-electron chi connectivity index (χ2n) is 14.7. The second kappa shape index (κ2) is 9.75. The Kier molecular flexibility index (Phi) is 5.13. The fourth-order valence-electron chi connectivity index (χ4n) is 10.5. The highest BCUT2D eigenvalue weighted by Crippen LogP contribution is 2.59. The molecule has 0 atom stereocenters. The van der Waals surface area contributed by atoms with E-state index < -0.39 is 5.41 Å². The van der Waals surface area contributed by atoms with E-state index in [1.807, 2.05) is 0 Å². The number of hydrogen-bond acceptors (Lipinski definition) is 2. The molecule has 0 amide bonds. The lowest BCUT2D eigenvalue weighted by atomic mass is 9.43. The molecule has 4 heteroatoms. The topological polar surface area (TPSA) is 21.3 Å². The van der Waals surface area contributed by atoms with E-state index >= 15 is 0 Å². The predicted molar refractivity (Wildman–Crippen MR) is 219 cm³/mol. The van der Waals surface area contributed by atoms with Gasteiger partial charge >= 0.3 is 6.85 Å². The van der Waals surface area contributed by atoms with Crippen LogP contribution in [0.15, 0.2) is 180 Å². The van der Waals surface area contributed by atoms with Gasteiger partial charge in [-0.1, -0.05) is 152 Å². The first-order chi connectivity index (χ1) is 26.3. The number of nitrogens with zero attached hydrogens (tertiary/aromatic N) is 2. The first kappa shape index (κ1) is 27.9. The summed E-state index contributed by atoms with van der Waals surface area (Å²) in [6, 6.07) is 65.2. The summed E-state index contributed by atoms with van der Waals surface area (Å²) < 4.78 is 9.57. The smallest absolute Gasteiger partial charge is 0.333 e. The van der Waals surface area contributed by atoms with E-state index in [0.717, 1.165) is 21.9 Å². The Morgan fingerprint density at radius 3 is 2.00 bits per heavy atom.